The largest absolute Gasteiger partial charge is 0.314 e. The van der Waals surface area contributed by atoms with Crippen LogP contribution in [0.3, 0.4) is 0 Å². The molecule has 0 bridgehead atoms. The van der Waals surface area contributed by atoms with E-state index in [-0.39, 0.29) is 16.5 Å². The minimum Gasteiger partial charge on any atom is -0.314 e. The van der Waals surface area contributed by atoms with Gasteiger partial charge >= 0.3 is 0 Å². The Morgan fingerprint density at radius 2 is 1.38 bits per heavy atom. The Kier molecular flexibility index (Phi) is 5.39. The lowest BCUT2D eigenvalue weighted by Crippen LogP contribution is -2.67. The molecular formula is C30H47NSi. The number of nitrogens with zero attached hydrogens (tertiary/aromatic N) is 1. The molecule has 3 aliphatic rings. The molecule has 1 fully saturated rings. The highest BCUT2D eigenvalue weighted by Crippen LogP contribution is 2.62. The maximum Gasteiger partial charge on any atom is 0.127 e. The second-order valence-electron chi connectivity index (χ2n) is 14.1. The molecule has 0 saturated heterocycles. The van der Waals surface area contributed by atoms with Crippen molar-refractivity contribution in [2.75, 3.05) is 0 Å². The van der Waals surface area contributed by atoms with Gasteiger partial charge in [0.15, 0.2) is 0 Å². The molecule has 176 valence electrons. The second kappa shape index (κ2) is 7.19. The fourth-order valence-electron chi connectivity index (χ4n) is 8.85. The van der Waals surface area contributed by atoms with Gasteiger partial charge in [0, 0.05) is 16.5 Å². The molecule has 0 amide bonds. The summed E-state index contributed by atoms with van der Waals surface area (Å²) >= 11 is 0. The highest BCUT2D eigenvalue weighted by molar-refractivity contribution is 6.76. The maximum atomic E-state index is 2.95. The van der Waals surface area contributed by atoms with Crippen LogP contribution in [-0.2, 0) is 5.41 Å². The van der Waals surface area contributed by atoms with Crippen LogP contribution >= 0.6 is 0 Å². The summed E-state index contributed by atoms with van der Waals surface area (Å²) in [6.45, 7) is 29.9. The Balaban J connectivity index is 1.86. The average molecular weight is 450 g/mol. The number of fused-ring (bicyclic) bond motifs is 4. The molecule has 0 aliphatic heterocycles. The monoisotopic (exact) mass is 449 g/mol. The second-order valence-corrected chi connectivity index (χ2v) is 18.5. The Bertz CT molecular complexity index is 951. The van der Waals surface area contributed by atoms with Crippen LogP contribution < -0.4 is 0 Å². The molecule has 1 nitrogen and oxygen atoms in total. The van der Waals surface area contributed by atoms with Crippen molar-refractivity contribution in [2.45, 2.75) is 104 Å². The summed E-state index contributed by atoms with van der Waals surface area (Å²) in [5, 5.41) is 0. The van der Waals surface area contributed by atoms with Gasteiger partial charge in [0.05, 0.1) is 0 Å². The zero-order chi connectivity index (χ0) is 24.0. The number of hydrogen-bond acceptors (Lipinski definition) is 1. The van der Waals surface area contributed by atoms with E-state index in [1.54, 1.807) is 11.1 Å². The first-order valence-electron chi connectivity index (χ1n) is 12.9. The minimum atomic E-state index is -1.80. The highest BCUT2D eigenvalue weighted by Gasteiger charge is 2.58. The average Bonchev–Trinajstić information content (AvgIpc) is 3.00. The molecule has 1 aromatic rings. The molecule has 5 atom stereocenters. The zero-order valence-electron chi connectivity index (χ0n) is 22.8. The van der Waals surface area contributed by atoms with Crippen LogP contribution in [0.2, 0.25) is 18.6 Å². The lowest BCUT2D eigenvalue weighted by Gasteiger charge is -2.57. The van der Waals surface area contributed by atoms with Gasteiger partial charge in [-0.05, 0) is 93.0 Å². The molecule has 0 aromatic heterocycles. The van der Waals surface area contributed by atoms with Gasteiger partial charge in [0.25, 0.3) is 0 Å². The molecule has 0 spiro atoms. The lowest BCUT2D eigenvalue weighted by molar-refractivity contribution is 0.121. The summed E-state index contributed by atoms with van der Waals surface area (Å²) in [7, 11) is -1.80. The van der Waals surface area contributed by atoms with E-state index in [4.69, 9.17) is 0 Å². The topological polar surface area (TPSA) is 3.24 Å². The van der Waals surface area contributed by atoms with Crippen molar-refractivity contribution in [1.29, 1.82) is 0 Å². The lowest BCUT2D eigenvalue weighted by atomic mass is 9.75. The van der Waals surface area contributed by atoms with Gasteiger partial charge in [0.2, 0.25) is 0 Å². The fourth-order valence-corrected chi connectivity index (χ4v) is 15.5. The highest BCUT2D eigenvalue weighted by atomic mass is 28.3. The number of hydrogen-bond donors (Lipinski definition) is 0. The normalized spacial score (nSPS) is 31.7. The summed E-state index contributed by atoms with van der Waals surface area (Å²) in [5.41, 5.74) is 7.32. The summed E-state index contributed by atoms with van der Waals surface area (Å²) < 4.78 is 2.95. The molecule has 4 rings (SSSR count). The van der Waals surface area contributed by atoms with Crippen LogP contribution in [0.15, 0.2) is 42.0 Å². The van der Waals surface area contributed by atoms with Crippen molar-refractivity contribution < 1.29 is 0 Å². The maximum absolute atomic E-state index is 2.95. The molecule has 0 N–H and O–H groups in total. The third-order valence-electron chi connectivity index (χ3n) is 9.17. The first kappa shape index (κ1) is 24.0. The molecule has 5 unspecified atom stereocenters. The van der Waals surface area contributed by atoms with Crippen LogP contribution in [0.5, 0.6) is 0 Å². The van der Waals surface area contributed by atoms with Crippen molar-refractivity contribution in [3.8, 4) is 0 Å². The minimum absolute atomic E-state index is 0.115. The van der Waals surface area contributed by atoms with Crippen molar-refractivity contribution in [1.82, 2.24) is 4.57 Å². The quantitative estimate of drug-likeness (QED) is 0.410. The van der Waals surface area contributed by atoms with Crippen molar-refractivity contribution in [3.05, 3.63) is 53.1 Å². The third kappa shape index (κ3) is 3.35. The van der Waals surface area contributed by atoms with Crippen LogP contribution in [0.4, 0.5) is 0 Å². The SMILES string of the molecule is CC1C(C)C([Si](C)(C)N(C(C)(C)C)C(C)(C)C)C2C=C3C(=CC12)C(C)(C)c1ccccc13. The number of allylic oxidation sites excluding steroid dienone is 4. The van der Waals surface area contributed by atoms with E-state index in [0.717, 1.165) is 17.4 Å². The van der Waals surface area contributed by atoms with E-state index in [1.807, 2.05) is 0 Å². The number of rotatable bonds is 2. The Hall–Kier alpha value is -1.12. The third-order valence-corrected chi connectivity index (χ3v) is 14.2. The molecule has 0 radical (unpaired) electrons. The van der Waals surface area contributed by atoms with Crippen LogP contribution in [-0.4, -0.2) is 23.9 Å². The van der Waals surface area contributed by atoms with Crippen molar-refractivity contribution >= 4 is 13.8 Å². The Labute approximate surface area is 199 Å². The summed E-state index contributed by atoms with van der Waals surface area (Å²) in [4.78, 5) is 0. The first-order valence-corrected chi connectivity index (χ1v) is 15.9. The van der Waals surface area contributed by atoms with E-state index in [1.165, 1.54) is 11.1 Å². The molecule has 2 heteroatoms. The summed E-state index contributed by atoms with van der Waals surface area (Å²) in [6, 6.07) is 9.16. The summed E-state index contributed by atoms with van der Waals surface area (Å²) in [5.74, 6) is 2.78. The van der Waals surface area contributed by atoms with Gasteiger partial charge in [-0.2, -0.15) is 0 Å². The van der Waals surface area contributed by atoms with Crippen molar-refractivity contribution in [2.24, 2.45) is 23.7 Å². The van der Waals surface area contributed by atoms with E-state index in [2.05, 4.69) is 123 Å². The molecule has 1 aromatic carbocycles. The van der Waals surface area contributed by atoms with Crippen LogP contribution in [0.1, 0.15) is 80.4 Å². The Morgan fingerprint density at radius 3 is 1.94 bits per heavy atom. The van der Waals surface area contributed by atoms with Crippen molar-refractivity contribution in [3.63, 3.8) is 0 Å². The van der Waals surface area contributed by atoms with Gasteiger partial charge in [-0.1, -0.05) is 77.2 Å². The molecule has 1 saturated carbocycles. The molecule has 32 heavy (non-hydrogen) atoms. The molecular weight excluding hydrogens is 402 g/mol. The van der Waals surface area contributed by atoms with Gasteiger partial charge in [-0.25, -0.2) is 0 Å². The first-order chi connectivity index (χ1) is 14.5. The van der Waals surface area contributed by atoms with E-state index in [0.29, 0.717) is 11.8 Å². The predicted molar refractivity (Wildman–Crippen MR) is 143 cm³/mol. The van der Waals surface area contributed by atoms with Crippen LogP contribution in [0, 0.1) is 23.7 Å². The standard InChI is InChI=1S/C30H47NSi/c1-19-20(2)27(32(11,12)31(28(3,4)5)29(6,7)8)24-17-23-21-15-13-14-16-25(21)30(9,10)26(23)18-22(19)24/h13-20,22,24,27H,1-12H3. The van der Waals surface area contributed by atoms with E-state index < -0.39 is 8.24 Å². The van der Waals surface area contributed by atoms with E-state index >= 15 is 0 Å². The Morgan fingerprint density at radius 1 is 0.812 bits per heavy atom. The predicted octanol–water partition coefficient (Wildman–Crippen LogP) is 8.29. The van der Waals surface area contributed by atoms with Gasteiger partial charge < -0.3 is 4.57 Å². The van der Waals surface area contributed by atoms with E-state index in [9.17, 15) is 0 Å². The number of benzene rings is 1. The van der Waals surface area contributed by atoms with Crippen LogP contribution in [0.25, 0.3) is 5.57 Å². The van der Waals surface area contributed by atoms with Gasteiger partial charge in [0.1, 0.15) is 8.24 Å². The molecule has 0 heterocycles. The summed E-state index contributed by atoms with van der Waals surface area (Å²) in [6.07, 6.45) is 5.47. The zero-order valence-corrected chi connectivity index (χ0v) is 23.8. The smallest absolute Gasteiger partial charge is 0.127 e. The molecule has 3 aliphatic carbocycles. The fraction of sp³-hybridized carbons (Fsp3) is 0.667. The van der Waals surface area contributed by atoms with Gasteiger partial charge in [-0.15, -0.1) is 0 Å². The van der Waals surface area contributed by atoms with Gasteiger partial charge in [-0.3, -0.25) is 0 Å².